The summed E-state index contributed by atoms with van der Waals surface area (Å²) in [6, 6.07) is 12.8. The average Bonchev–Trinajstić information content (AvgIpc) is 3.55. The number of hydrogen-bond acceptors (Lipinski definition) is 6. The fraction of sp³-hybridized carbons (Fsp3) is 0.138. The van der Waals surface area contributed by atoms with Crippen molar-refractivity contribution in [3.05, 3.63) is 84.2 Å². The number of rotatable bonds is 8. The molecule has 0 saturated carbocycles. The van der Waals surface area contributed by atoms with Crippen LogP contribution < -0.4 is 5.32 Å². The molecule has 4 heterocycles. The molecule has 0 saturated heterocycles. The van der Waals surface area contributed by atoms with Gasteiger partial charge in [-0.1, -0.05) is 19.1 Å². The Balaban J connectivity index is 1.43. The third kappa shape index (κ3) is 4.44. The zero-order chi connectivity index (χ0) is 26.1. The van der Waals surface area contributed by atoms with Gasteiger partial charge in [0.2, 0.25) is 0 Å². The molecule has 0 atom stereocenters. The number of aromatic nitrogens is 6. The lowest BCUT2D eigenvalue weighted by atomic mass is 10.0. The average molecular weight is 506 g/mol. The number of nitrogens with zero attached hydrogens (tertiary/aromatic N) is 4. The van der Waals surface area contributed by atoms with Gasteiger partial charge in [0, 0.05) is 48.1 Å². The van der Waals surface area contributed by atoms with Crippen molar-refractivity contribution in [3.8, 4) is 33.8 Å². The molecule has 3 N–H and O–H groups in total. The number of halogens is 1. The van der Waals surface area contributed by atoms with Gasteiger partial charge >= 0.3 is 0 Å². The molecule has 6 rings (SSSR count). The maximum atomic E-state index is 14.3. The molecule has 9 heteroatoms. The Morgan fingerprint density at radius 2 is 1.79 bits per heavy atom. The number of hydrogen-bond donors (Lipinski definition) is 3. The van der Waals surface area contributed by atoms with Crippen LogP contribution in [0.3, 0.4) is 0 Å². The minimum atomic E-state index is -0.415. The lowest BCUT2D eigenvalue weighted by Crippen LogP contribution is -2.11. The standard InChI is InChI=1S/C29H24FN7O/c1-2-31-12-18-8-21(14-32-13-18)19-3-4-25-23(11-19)28(37-36-25)29-34-26-16-33-15-24(27(26)35-29)20-7-17(5-6-38)9-22(30)10-20/h3-4,6-11,13-16,31H,2,5,12H2,1H3,(H,34,35)(H,36,37). The van der Waals surface area contributed by atoms with Gasteiger partial charge < -0.3 is 15.1 Å². The summed E-state index contributed by atoms with van der Waals surface area (Å²) in [4.78, 5) is 27.9. The molecule has 8 nitrogen and oxygen atoms in total. The highest BCUT2D eigenvalue weighted by atomic mass is 19.1. The van der Waals surface area contributed by atoms with E-state index in [0.29, 0.717) is 39.2 Å². The predicted molar refractivity (Wildman–Crippen MR) is 145 cm³/mol. The lowest BCUT2D eigenvalue weighted by Gasteiger charge is -2.06. The van der Waals surface area contributed by atoms with Gasteiger partial charge in [-0.15, -0.1) is 0 Å². The molecule has 6 aromatic rings. The molecule has 0 aliphatic carbocycles. The zero-order valence-corrected chi connectivity index (χ0v) is 20.6. The third-order valence-corrected chi connectivity index (χ3v) is 6.48. The van der Waals surface area contributed by atoms with Crippen LogP contribution in [0.1, 0.15) is 18.1 Å². The largest absolute Gasteiger partial charge is 0.335 e. The Kier molecular flexibility index (Phi) is 6.19. The van der Waals surface area contributed by atoms with Crippen LogP contribution in [0.25, 0.3) is 55.7 Å². The molecule has 2 aromatic carbocycles. The highest BCUT2D eigenvalue weighted by Crippen LogP contribution is 2.33. The van der Waals surface area contributed by atoms with Gasteiger partial charge in [-0.3, -0.25) is 15.1 Å². The summed E-state index contributed by atoms with van der Waals surface area (Å²) in [7, 11) is 0. The van der Waals surface area contributed by atoms with Crippen molar-refractivity contribution in [1.29, 1.82) is 0 Å². The lowest BCUT2D eigenvalue weighted by molar-refractivity contribution is -0.107. The summed E-state index contributed by atoms with van der Waals surface area (Å²) in [5, 5.41) is 11.9. The Bertz CT molecular complexity index is 1790. The number of carbonyl (C=O) groups is 1. The molecule has 0 aliphatic heterocycles. The van der Waals surface area contributed by atoms with Crippen LogP contribution in [0.15, 0.2) is 67.3 Å². The Labute approximate surface area is 217 Å². The van der Waals surface area contributed by atoms with Crippen molar-refractivity contribution in [2.24, 2.45) is 0 Å². The molecule has 0 amide bonds. The minimum Gasteiger partial charge on any atom is -0.335 e. The van der Waals surface area contributed by atoms with E-state index in [2.05, 4.69) is 49.5 Å². The van der Waals surface area contributed by atoms with E-state index >= 15 is 0 Å². The van der Waals surface area contributed by atoms with Crippen molar-refractivity contribution in [2.75, 3.05) is 6.54 Å². The molecule has 4 aromatic heterocycles. The predicted octanol–water partition coefficient (Wildman–Crippen LogP) is 5.22. The molecular formula is C29H24FN7O. The van der Waals surface area contributed by atoms with E-state index in [1.807, 2.05) is 24.5 Å². The number of aromatic amines is 2. The number of aldehydes is 1. The number of fused-ring (bicyclic) bond motifs is 2. The smallest absolute Gasteiger partial charge is 0.159 e. The summed E-state index contributed by atoms with van der Waals surface area (Å²) < 4.78 is 14.3. The number of carbonyl (C=O) groups excluding carboxylic acids is 1. The van der Waals surface area contributed by atoms with Gasteiger partial charge in [0.1, 0.15) is 17.8 Å². The maximum Gasteiger partial charge on any atom is 0.159 e. The van der Waals surface area contributed by atoms with E-state index in [9.17, 15) is 9.18 Å². The highest BCUT2D eigenvalue weighted by Gasteiger charge is 2.17. The van der Waals surface area contributed by atoms with Crippen LogP contribution in [0.5, 0.6) is 0 Å². The first-order chi connectivity index (χ1) is 18.6. The van der Waals surface area contributed by atoms with Crippen LogP contribution in [0, 0.1) is 5.82 Å². The van der Waals surface area contributed by atoms with Gasteiger partial charge in [0.15, 0.2) is 5.82 Å². The van der Waals surface area contributed by atoms with Crippen LogP contribution in [-0.4, -0.2) is 43.0 Å². The summed E-state index contributed by atoms with van der Waals surface area (Å²) in [6.07, 6.45) is 7.95. The molecule has 0 bridgehead atoms. The number of imidazole rings is 1. The Morgan fingerprint density at radius 3 is 2.66 bits per heavy atom. The molecule has 0 aliphatic rings. The second kappa shape index (κ2) is 9.95. The van der Waals surface area contributed by atoms with Crippen LogP contribution in [0.2, 0.25) is 0 Å². The summed E-state index contributed by atoms with van der Waals surface area (Å²) in [5.74, 6) is 0.156. The van der Waals surface area contributed by atoms with Crippen molar-refractivity contribution in [3.63, 3.8) is 0 Å². The molecule has 0 unspecified atom stereocenters. The quantitative estimate of drug-likeness (QED) is 0.245. The first kappa shape index (κ1) is 23.6. The van der Waals surface area contributed by atoms with E-state index in [1.165, 1.54) is 12.1 Å². The van der Waals surface area contributed by atoms with E-state index in [0.717, 1.165) is 47.0 Å². The SMILES string of the molecule is CCNCc1cncc(-c2ccc3[nH]nc(-c4nc5c(-c6cc(F)cc(CC=O)c6)cncc5[nH]4)c3c2)c1. The van der Waals surface area contributed by atoms with Crippen molar-refractivity contribution in [2.45, 2.75) is 19.9 Å². The van der Waals surface area contributed by atoms with Crippen LogP contribution >= 0.6 is 0 Å². The van der Waals surface area contributed by atoms with E-state index in [1.54, 1.807) is 18.5 Å². The molecule has 0 radical (unpaired) electrons. The fourth-order valence-corrected chi connectivity index (χ4v) is 4.66. The number of benzene rings is 2. The Hall–Kier alpha value is -4.76. The number of nitrogens with one attached hydrogen (secondary N) is 3. The normalized spacial score (nSPS) is 11.4. The molecule has 38 heavy (non-hydrogen) atoms. The van der Waals surface area contributed by atoms with Gasteiger partial charge in [0.25, 0.3) is 0 Å². The first-order valence-corrected chi connectivity index (χ1v) is 12.3. The van der Waals surface area contributed by atoms with E-state index in [-0.39, 0.29) is 6.42 Å². The van der Waals surface area contributed by atoms with Crippen molar-refractivity contribution >= 4 is 28.2 Å². The molecular weight excluding hydrogens is 481 g/mol. The van der Waals surface area contributed by atoms with Crippen LogP contribution in [-0.2, 0) is 17.8 Å². The second-order valence-corrected chi connectivity index (χ2v) is 9.08. The zero-order valence-electron chi connectivity index (χ0n) is 20.6. The third-order valence-electron chi connectivity index (χ3n) is 6.48. The molecule has 0 spiro atoms. The maximum absolute atomic E-state index is 14.3. The number of pyridine rings is 2. The fourth-order valence-electron chi connectivity index (χ4n) is 4.66. The van der Waals surface area contributed by atoms with Crippen LogP contribution in [0.4, 0.5) is 4.39 Å². The van der Waals surface area contributed by atoms with Gasteiger partial charge in [0.05, 0.1) is 22.7 Å². The van der Waals surface area contributed by atoms with Gasteiger partial charge in [-0.25, -0.2) is 9.37 Å². The van der Waals surface area contributed by atoms with Gasteiger partial charge in [-0.05, 0) is 59.1 Å². The number of H-pyrrole nitrogens is 2. The van der Waals surface area contributed by atoms with Crippen molar-refractivity contribution in [1.82, 2.24) is 35.5 Å². The monoisotopic (exact) mass is 505 g/mol. The second-order valence-electron chi connectivity index (χ2n) is 9.08. The molecule has 188 valence electrons. The summed E-state index contributed by atoms with van der Waals surface area (Å²) >= 11 is 0. The van der Waals surface area contributed by atoms with E-state index in [4.69, 9.17) is 4.98 Å². The van der Waals surface area contributed by atoms with E-state index < -0.39 is 5.82 Å². The van der Waals surface area contributed by atoms with Crippen molar-refractivity contribution < 1.29 is 9.18 Å². The summed E-state index contributed by atoms with van der Waals surface area (Å²) in [6.45, 7) is 3.72. The minimum absolute atomic E-state index is 0.134. The van der Waals surface area contributed by atoms with Gasteiger partial charge in [-0.2, -0.15) is 5.10 Å². The highest BCUT2D eigenvalue weighted by molar-refractivity contribution is 5.98. The molecule has 0 fully saturated rings. The summed E-state index contributed by atoms with van der Waals surface area (Å²) in [5.41, 5.74) is 7.91. The topological polar surface area (TPSA) is 112 Å². The first-order valence-electron chi connectivity index (χ1n) is 12.3. The Morgan fingerprint density at radius 1 is 0.921 bits per heavy atom.